The maximum Gasteiger partial charge on any atom is 0.416 e. The Kier molecular flexibility index (Phi) is 4.30. The van der Waals surface area contributed by atoms with Crippen molar-refractivity contribution in [1.82, 2.24) is 19.6 Å². The van der Waals surface area contributed by atoms with E-state index < -0.39 is 11.7 Å². The van der Waals surface area contributed by atoms with Gasteiger partial charge in [0.2, 0.25) is 5.91 Å². The van der Waals surface area contributed by atoms with E-state index in [1.54, 1.807) is 12.4 Å². The fourth-order valence-electron chi connectivity index (χ4n) is 2.25. The molecule has 3 aromatic rings. The lowest BCUT2D eigenvalue weighted by Gasteiger charge is -2.08. The van der Waals surface area contributed by atoms with Crippen molar-refractivity contribution >= 4 is 11.6 Å². The minimum absolute atomic E-state index is 0.0303. The van der Waals surface area contributed by atoms with Crippen molar-refractivity contribution in [2.45, 2.75) is 19.6 Å². The minimum Gasteiger partial charge on any atom is -0.322 e. The highest BCUT2D eigenvalue weighted by atomic mass is 19.4. The summed E-state index contributed by atoms with van der Waals surface area (Å²) < 4.78 is 41.1. The van der Waals surface area contributed by atoms with Crippen LogP contribution < -0.4 is 5.32 Å². The SMILES string of the molecule is Cc1cnn(CC(=O)Nc2cnn(-c3cccc(C(F)(F)F)c3)c2)c1. The fraction of sp³-hybridized carbons (Fsp3) is 0.188. The molecule has 0 bridgehead atoms. The van der Waals surface area contributed by atoms with Crippen LogP contribution in [-0.2, 0) is 17.5 Å². The molecule has 0 atom stereocenters. The molecular formula is C16H14F3N5O. The zero-order valence-corrected chi connectivity index (χ0v) is 13.2. The van der Waals surface area contributed by atoms with E-state index in [2.05, 4.69) is 15.5 Å². The zero-order valence-electron chi connectivity index (χ0n) is 13.2. The zero-order chi connectivity index (χ0) is 18.0. The molecule has 1 amide bonds. The Labute approximate surface area is 140 Å². The van der Waals surface area contributed by atoms with Crippen molar-refractivity contribution in [3.05, 3.63) is 60.2 Å². The smallest absolute Gasteiger partial charge is 0.322 e. The van der Waals surface area contributed by atoms with Crippen molar-refractivity contribution < 1.29 is 18.0 Å². The quantitative estimate of drug-likeness (QED) is 0.787. The monoisotopic (exact) mass is 349 g/mol. The van der Waals surface area contributed by atoms with Gasteiger partial charge in [-0.05, 0) is 30.7 Å². The first-order valence-electron chi connectivity index (χ1n) is 7.32. The van der Waals surface area contributed by atoms with Crippen LogP contribution in [0.4, 0.5) is 18.9 Å². The van der Waals surface area contributed by atoms with Crippen LogP contribution in [0.15, 0.2) is 49.1 Å². The summed E-state index contributed by atoms with van der Waals surface area (Å²) in [4.78, 5) is 12.0. The summed E-state index contributed by atoms with van der Waals surface area (Å²) in [7, 11) is 0. The van der Waals surface area contributed by atoms with E-state index in [1.165, 1.54) is 33.9 Å². The molecule has 0 saturated carbocycles. The topological polar surface area (TPSA) is 64.7 Å². The van der Waals surface area contributed by atoms with Crippen LogP contribution in [0, 0.1) is 6.92 Å². The number of halogens is 3. The number of aryl methyl sites for hydroxylation is 1. The van der Waals surface area contributed by atoms with E-state index in [9.17, 15) is 18.0 Å². The van der Waals surface area contributed by atoms with Gasteiger partial charge in [-0.15, -0.1) is 0 Å². The van der Waals surface area contributed by atoms with Gasteiger partial charge in [0.1, 0.15) is 6.54 Å². The van der Waals surface area contributed by atoms with Crippen molar-refractivity contribution in [3.8, 4) is 5.69 Å². The van der Waals surface area contributed by atoms with Crippen LogP contribution in [0.3, 0.4) is 0 Å². The molecule has 0 unspecified atom stereocenters. The molecule has 25 heavy (non-hydrogen) atoms. The van der Waals surface area contributed by atoms with Gasteiger partial charge >= 0.3 is 6.18 Å². The first-order valence-corrected chi connectivity index (χ1v) is 7.32. The number of rotatable bonds is 4. The van der Waals surface area contributed by atoms with Gasteiger partial charge in [0.05, 0.1) is 35.5 Å². The van der Waals surface area contributed by atoms with Gasteiger partial charge in [0.25, 0.3) is 0 Å². The molecular weight excluding hydrogens is 335 g/mol. The Morgan fingerprint density at radius 3 is 2.68 bits per heavy atom. The first-order chi connectivity index (χ1) is 11.8. The van der Waals surface area contributed by atoms with Crippen LogP contribution in [0.25, 0.3) is 5.69 Å². The number of nitrogens with zero attached hydrogens (tertiary/aromatic N) is 4. The molecule has 9 heteroatoms. The summed E-state index contributed by atoms with van der Waals surface area (Å²) in [5, 5.41) is 10.6. The maximum atomic E-state index is 12.8. The predicted molar refractivity (Wildman–Crippen MR) is 84.2 cm³/mol. The number of alkyl halides is 3. The molecule has 1 N–H and O–H groups in total. The molecule has 0 aliphatic heterocycles. The molecule has 2 heterocycles. The summed E-state index contributed by atoms with van der Waals surface area (Å²) >= 11 is 0. The third kappa shape index (κ3) is 4.06. The highest BCUT2D eigenvalue weighted by Gasteiger charge is 2.30. The highest BCUT2D eigenvalue weighted by molar-refractivity contribution is 5.90. The lowest BCUT2D eigenvalue weighted by Crippen LogP contribution is -2.18. The summed E-state index contributed by atoms with van der Waals surface area (Å²) in [6.45, 7) is 1.89. The lowest BCUT2D eigenvalue weighted by molar-refractivity contribution is -0.137. The van der Waals surface area contributed by atoms with Gasteiger partial charge in [0.15, 0.2) is 0 Å². The van der Waals surface area contributed by atoms with Gasteiger partial charge in [-0.25, -0.2) is 4.68 Å². The first kappa shape index (κ1) is 16.7. The van der Waals surface area contributed by atoms with E-state index in [0.717, 1.165) is 17.7 Å². The normalized spacial score (nSPS) is 11.5. The molecule has 0 aliphatic rings. The number of carbonyl (C=O) groups is 1. The number of nitrogens with one attached hydrogen (secondary N) is 1. The number of anilines is 1. The number of hydrogen-bond acceptors (Lipinski definition) is 3. The second-order valence-electron chi connectivity index (χ2n) is 5.49. The summed E-state index contributed by atoms with van der Waals surface area (Å²) in [5.74, 6) is -0.313. The van der Waals surface area contributed by atoms with Gasteiger partial charge in [-0.1, -0.05) is 6.07 Å². The molecule has 0 spiro atoms. The van der Waals surface area contributed by atoms with E-state index in [1.807, 2.05) is 6.92 Å². The van der Waals surface area contributed by atoms with Gasteiger partial charge < -0.3 is 5.32 Å². The van der Waals surface area contributed by atoms with Crippen molar-refractivity contribution in [3.63, 3.8) is 0 Å². The van der Waals surface area contributed by atoms with Crippen LogP contribution in [0.5, 0.6) is 0 Å². The van der Waals surface area contributed by atoms with E-state index >= 15 is 0 Å². The molecule has 130 valence electrons. The summed E-state index contributed by atoms with van der Waals surface area (Å²) in [5.41, 5.74) is 0.801. The number of carbonyl (C=O) groups excluding carboxylic acids is 1. The Morgan fingerprint density at radius 2 is 2.00 bits per heavy atom. The summed E-state index contributed by atoms with van der Waals surface area (Å²) in [6, 6.07) is 4.78. The number of hydrogen-bond donors (Lipinski definition) is 1. The summed E-state index contributed by atoms with van der Waals surface area (Å²) in [6.07, 6.45) is 1.75. The average Bonchev–Trinajstić information content (AvgIpc) is 3.16. The second-order valence-corrected chi connectivity index (χ2v) is 5.49. The molecule has 0 fully saturated rings. The number of amides is 1. The van der Waals surface area contributed by atoms with Crippen molar-refractivity contribution in [1.29, 1.82) is 0 Å². The van der Waals surface area contributed by atoms with Crippen LogP contribution in [0.1, 0.15) is 11.1 Å². The second kappa shape index (κ2) is 6.42. The van der Waals surface area contributed by atoms with Gasteiger partial charge in [-0.3, -0.25) is 9.48 Å². The number of aromatic nitrogens is 4. The molecule has 0 aliphatic carbocycles. The molecule has 2 aromatic heterocycles. The molecule has 0 saturated heterocycles. The minimum atomic E-state index is -4.43. The van der Waals surface area contributed by atoms with Crippen molar-refractivity contribution in [2.24, 2.45) is 0 Å². The largest absolute Gasteiger partial charge is 0.416 e. The Morgan fingerprint density at radius 1 is 1.20 bits per heavy atom. The maximum absolute atomic E-state index is 12.8. The Bertz CT molecular complexity index is 897. The van der Waals surface area contributed by atoms with E-state index in [0.29, 0.717) is 5.69 Å². The third-order valence-corrected chi connectivity index (χ3v) is 3.37. The molecule has 1 aromatic carbocycles. The highest BCUT2D eigenvalue weighted by Crippen LogP contribution is 2.30. The van der Waals surface area contributed by atoms with Crippen LogP contribution >= 0.6 is 0 Å². The van der Waals surface area contributed by atoms with E-state index in [-0.39, 0.29) is 18.1 Å². The molecule has 6 nitrogen and oxygen atoms in total. The van der Waals surface area contributed by atoms with Gasteiger partial charge in [-0.2, -0.15) is 23.4 Å². The third-order valence-electron chi connectivity index (χ3n) is 3.37. The Balaban J connectivity index is 1.71. The number of benzene rings is 1. The predicted octanol–water partition coefficient (Wildman–Crippen LogP) is 3.03. The standard InChI is InChI=1S/C16H14F3N5O/c1-11-6-20-23(8-11)10-15(25)22-13-7-21-24(9-13)14-4-2-3-12(5-14)16(17,18)19/h2-9H,10H2,1H3,(H,22,25). The average molecular weight is 349 g/mol. The van der Waals surface area contributed by atoms with Gasteiger partial charge in [0, 0.05) is 6.20 Å². The van der Waals surface area contributed by atoms with E-state index in [4.69, 9.17) is 0 Å². The lowest BCUT2D eigenvalue weighted by atomic mass is 10.2. The van der Waals surface area contributed by atoms with Crippen LogP contribution in [-0.4, -0.2) is 25.5 Å². The Hall–Kier alpha value is -3.10. The molecule has 3 rings (SSSR count). The van der Waals surface area contributed by atoms with Crippen molar-refractivity contribution in [2.75, 3.05) is 5.32 Å². The fourth-order valence-corrected chi connectivity index (χ4v) is 2.25. The molecule has 0 radical (unpaired) electrons. The van der Waals surface area contributed by atoms with Crippen LogP contribution in [0.2, 0.25) is 0 Å².